The van der Waals surface area contributed by atoms with E-state index < -0.39 is 0 Å². The number of ether oxygens (including phenoxy) is 1. The predicted octanol–water partition coefficient (Wildman–Crippen LogP) is 3.07. The second-order valence-electron chi connectivity index (χ2n) is 4.53. The van der Waals surface area contributed by atoms with Crippen molar-refractivity contribution in [3.8, 4) is 5.75 Å². The lowest BCUT2D eigenvalue weighted by Gasteiger charge is -2.12. The van der Waals surface area contributed by atoms with Gasteiger partial charge in [0.25, 0.3) is 0 Å². The van der Waals surface area contributed by atoms with E-state index in [-0.39, 0.29) is 0 Å². The van der Waals surface area contributed by atoms with Crippen LogP contribution in [0.1, 0.15) is 31.4 Å². The molecule has 0 aliphatic heterocycles. The minimum atomic E-state index is 0.556. The van der Waals surface area contributed by atoms with Gasteiger partial charge in [-0.05, 0) is 37.9 Å². The first-order valence-corrected chi connectivity index (χ1v) is 6.03. The molecule has 0 amide bonds. The molecule has 0 unspecified atom stereocenters. The van der Waals surface area contributed by atoms with Crippen LogP contribution >= 0.6 is 0 Å². The second kappa shape index (κ2) is 6.54. The van der Waals surface area contributed by atoms with Crippen molar-refractivity contribution in [3.63, 3.8) is 0 Å². The molecule has 16 heavy (non-hydrogen) atoms. The molecule has 0 saturated carbocycles. The van der Waals surface area contributed by atoms with Crippen molar-refractivity contribution >= 4 is 0 Å². The number of hydrogen-bond acceptors (Lipinski definition) is 2. The fourth-order valence-electron chi connectivity index (χ4n) is 1.66. The number of nitrogens with one attached hydrogen (secondary N) is 1. The van der Waals surface area contributed by atoms with Crippen LogP contribution in [0.5, 0.6) is 5.75 Å². The van der Waals surface area contributed by atoms with E-state index in [2.05, 4.69) is 51.2 Å². The lowest BCUT2D eigenvalue weighted by molar-refractivity contribution is 0.302. The summed E-state index contributed by atoms with van der Waals surface area (Å²) >= 11 is 0. The third-order valence-corrected chi connectivity index (χ3v) is 2.53. The Labute approximate surface area is 99.0 Å². The molecular weight excluding hydrogens is 198 g/mol. The van der Waals surface area contributed by atoms with E-state index in [1.165, 1.54) is 11.1 Å². The minimum absolute atomic E-state index is 0.556. The Morgan fingerprint density at radius 3 is 2.38 bits per heavy atom. The molecule has 0 aliphatic carbocycles. The first-order chi connectivity index (χ1) is 7.61. The van der Waals surface area contributed by atoms with E-state index in [1.54, 1.807) is 0 Å². The summed E-state index contributed by atoms with van der Waals surface area (Å²) in [4.78, 5) is 0. The molecule has 1 aromatic rings. The van der Waals surface area contributed by atoms with Crippen molar-refractivity contribution in [2.45, 2.75) is 40.2 Å². The van der Waals surface area contributed by atoms with Crippen molar-refractivity contribution in [3.05, 3.63) is 29.3 Å². The predicted molar refractivity (Wildman–Crippen MR) is 69.2 cm³/mol. The zero-order valence-corrected chi connectivity index (χ0v) is 10.8. The maximum absolute atomic E-state index is 5.81. The van der Waals surface area contributed by atoms with Crippen molar-refractivity contribution in [2.75, 3.05) is 13.2 Å². The molecule has 1 aromatic carbocycles. The monoisotopic (exact) mass is 221 g/mol. The van der Waals surface area contributed by atoms with Crippen molar-refractivity contribution in [2.24, 2.45) is 0 Å². The highest BCUT2D eigenvalue weighted by molar-refractivity contribution is 5.39. The minimum Gasteiger partial charge on any atom is -0.493 e. The fourth-order valence-corrected chi connectivity index (χ4v) is 1.66. The maximum Gasteiger partial charge on any atom is 0.125 e. The van der Waals surface area contributed by atoms with Crippen LogP contribution < -0.4 is 10.1 Å². The number of hydrogen-bond donors (Lipinski definition) is 1. The quantitative estimate of drug-likeness (QED) is 0.745. The summed E-state index contributed by atoms with van der Waals surface area (Å²) in [6.45, 7) is 10.3. The molecule has 0 aromatic heterocycles. The molecule has 0 aliphatic rings. The van der Waals surface area contributed by atoms with Gasteiger partial charge in [0.05, 0.1) is 6.61 Å². The first-order valence-electron chi connectivity index (χ1n) is 6.03. The zero-order valence-electron chi connectivity index (χ0n) is 10.8. The van der Waals surface area contributed by atoms with Crippen LogP contribution in [0.3, 0.4) is 0 Å². The van der Waals surface area contributed by atoms with Gasteiger partial charge in [-0.1, -0.05) is 32.0 Å². The Morgan fingerprint density at radius 1 is 1.19 bits per heavy atom. The second-order valence-corrected chi connectivity index (χ2v) is 4.53. The van der Waals surface area contributed by atoms with Crippen LogP contribution in [0.15, 0.2) is 18.2 Å². The van der Waals surface area contributed by atoms with Gasteiger partial charge in [0.1, 0.15) is 5.75 Å². The molecule has 0 radical (unpaired) electrons. The Hall–Kier alpha value is -1.02. The molecule has 0 heterocycles. The third kappa shape index (κ3) is 4.23. The van der Waals surface area contributed by atoms with Gasteiger partial charge >= 0.3 is 0 Å². The lowest BCUT2D eigenvalue weighted by Crippen LogP contribution is -2.24. The molecule has 1 rings (SSSR count). The van der Waals surface area contributed by atoms with Gasteiger partial charge in [-0.3, -0.25) is 0 Å². The standard InChI is InChI=1S/C14H23NO/c1-11(2)15-9-6-10-16-14-12(3)7-5-8-13(14)4/h5,7-8,11,15H,6,9-10H2,1-4H3. The van der Waals surface area contributed by atoms with Gasteiger partial charge in [-0.15, -0.1) is 0 Å². The summed E-state index contributed by atoms with van der Waals surface area (Å²) in [7, 11) is 0. The number of rotatable bonds is 6. The molecule has 2 heteroatoms. The van der Waals surface area contributed by atoms with Crippen molar-refractivity contribution in [1.82, 2.24) is 5.32 Å². The highest BCUT2D eigenvalue weighted by atomic mass is 16.5. The third-order valence-electron chi connectivity index (χ3n) is 2.53. The number of benzene rings is 1. The van der Waals surface area contributed by atoms with Crippen molar-refractivity contribution < 1.29 is 4.74 Å². The van der Waals surface area contributed by atoms with E-state index in [0.717, 1.165) is 25.3 Å². The van der Waals surface area contributed by atoms with Gasteiger partial charge in [-0.2, -0.15) is 0 Å². The maximum atomic E-state index is 5.81. The number of aryl methyl sites for hydroxylation is 2. The summed E-state index contributed by atoms with van der Waals surface area (Å²) in [5.41, 5.74) is 2.44. The molecule has 0 spiro atoms. The van der Waals surface area contributed by atoms with E-state index in [0.29, 0.717) is 6.04 Å². The summed E-state index contributed by atoms with van der Waals surface area (Å²) < 4.78 is 5.81. The van der Waals surface area contributed by atoms with E-state index in [9.17, 15) is 0 Å². The van der Waals surface area contributed by atoms with Gasteiger partial charge < -0.3 is 10.1 Å². The smallest absolute Gasteiger partial charge is 0.125 e. The lowest BCUT2D eigenvalue weighted by atomic mass is 10.1. The number of para-hydroxylation sites is 1. The molecule has 1 N–H and O–H groups in total. The Kier molecular flexibility index (Phi) is 5.33. The van der Waals surface area contributed by atoms with E-state index in [1.807, 2.05) is 0 Å². The van der Waals surface area contributed by atoms with Crippen LogP contribution in [0.25, 0.3) is 0 Å². The molecule has 0 atom stereocenters. The fraction of sp³-hybridized carbons (Fsp3) is 0.571. The van der Waals surface area contributed by atoms with E-state index in [4.69, 9.17) is 4.74 Å². The van der Waals surface area contributed by atoms with Crippen LogP contribution in [-0.2, 0) is 0 Å². The molecule has 2 nitrogen and oxygen atoms in total. The Morgan fingerprint density at radius 2 is 1.81 bits per heavy atom. The average Bonchev–Trinajstić information content (AvgIpc) is 2.21. The topological polar surface area (TPSA) is 21.3 Å². The molecule has 0 saturated heterocycles. The van der Waals surface area contributed by atoms with Crippen LogP contribution in [0.2, 0.25) is 0 Å². The van der Waals surface area contributed by atoms with Gasteiger partial charge in [-0.25, -0.2) is 0 Å². The van der Waals surface area contributed by atoms with Gasteiger partial charge in [0, 0.05) is 6.04 Å². The van der Waals surface area contributed by atoms with Crippen LogP contribution in [-0.4, -0.2) is 19.2 Å². The van der Waals surface area contributed by atoms with Crippen molar-refractivity contribution in [1.29, 1.82) is 0 Å². The van der Waals surface area contributed by atoms with Gasteiger partial charge in [0.2, 0.25) is 0 Å². The molecular formula is C14H23NO. The largest absolute Gasteiger partial charge is 0.493 e. The van der Waals surface area contributed by atoms with Crippen LogP contribution in [0, 0.1) is 13.8 Å². The Balaban J connectivity index is 2.32. The average molecular weight is 221 g/mol. The highest BCUT2D eigenvalue weighted by Crippen LogP contribution is 2.22. The zero-order chi connectivity index (χ0) is 12.0. The normalized spacial score (nSPS) is 10.8. The molecule has 0 fully saturated rings. The summed E-state index contributed by atoms with van der Waals surface area (Å²) in [6, 6.07) is 6.81. The molecule has 0 bridgehead atoms. The summed E-state index contributed by atoms with van der Waals surface area (Å²) in [5, 5.41) is 3.38. The van der Waals surface area contributed by atoms with E-state index >= 15 is 0 Å². The van der Waals surface area contributed by atoms with Crippen LogP contribution in [0.4, 0.5) is 0 Å². The first kappa shape index (κ1) is 13.0. The highest BCUT2D eigenvalue weighted by Gasteiger charge is 2.02. The molecule has 90 valence electrons. The summed E-state index contributed by atoms with van der Waals surface area (Å²) in [6.07, 6.45) is 1.05. The Bertz CT molecular complexity index is 300. The van der Waals surface area contributed by atoms with Gasteiger partial charge in [0.15, 0.2) is 0 Å². The summed E-state index contributed by atoms with van der Waals surface area (Å²) in [5.74, 6) is 1.05. The SMILES string of the molecule is Cc1cccc(C)c1OCCCNC(C)C.